The SMILES string of the molecule is C=C1c2cccnc2N=C(N2C[C@H](CC)N(C3CCNCC3)C2)N1CCC.CC. The Kier molecular flexibility index (Phi) is 7.67. The molecule has 6 nitrogen and oxygen atoms in total. The molecule has 160 valence electrons. The highest BCUT2D eigenvalue weighted by Crippen LogP contribution is 2.34. The summed E-state index contributed by atoms with van der Waals surface area (Å²) >= 11 is 0. The molecule has 0 bridgehead atoms. The molecule has 1 aromatic rings. The van der Waals surface area contributed by atoms with Crippen molar-refractivity contribution in [1.82, 2.24) is 25.0 Å². The molecular weight excluding hydrogens is 360 g/mol. The van der Waals surface area contributed by atoms with E-state index in [1.165, 1.54) is 19.3 Å². The third-order valence-electron chi connectivity index (χ3n) is 6.08. The minimum atomic E-state index is 0.595. The Hall–Kier alpha value is -1.92. The van der Waals surface area contributed by atoms with Gasteiger partial charge in [0, 0.05) is 42.6 Å². The van der Waals surface area contributed by atoms with Crippen molar-refractivity contribution in [3.8, 4) is 0 Å². The van der Waals surface area contributed by atoms with Crippen molar-refractivity contribution in [1.29, 1.82) is 0 Å². The fraction of sp³-hybridized carbons (Fsp3) is 0.652. The van der Waals surface area contributed by atoms with Gasteiger partial charge in [0.05, 0.1) is 6.67 Å². The van der Waals surface area contributed by atoms with Crippen molar-refractivity contribution in [2.24, 2.45) is 4.99 Å². The van der Waals surface area contributed by atoms with Crippen molar-refractivity contribution in [3.63, 3.8) is 0 Å². The summed E-state index contributed by atoms with van der Waals surface area (Å²) in [5.74, 6) is 1.83. The van der Waals surface area contributed by atoms with Crippen LogP contribution in [0.15, 0.2) is 29.9 Å². The molecule has 2 fully saturated rings. The maximum absolute atomic E-state index is 4.98. The molecule has 3 aliphatic heterocycles. The number of rotatable bonds is 4. The van der Waals surface area contributed by atoms with Crippen molar-refractivity contribution in [2.75, 3.05) is 32.8 Å². The zero-order chi connectivity index (χ0) is 20.8. The molecule has 0 aliphatic carbocycles. The number of guanidine groups is 1. The molecule has 0 unspecified atom stereocenters. The zero-order valence-electron chi connectivity index (χ0n) is 18.7. The summed E-state index contributed by atoms with van der Waals surface area (Å²) < 4.78 is 0. The average Bonchev–Trinajstić information content (AvgIpc) is 3.22. The summed E-state index contributed by atoms with van der Waals surface area (Å²) in [5, 5.41) is 3.49. The van der Waals surface area contributed by atoms with E-state index >= 15 is 0 Å². The molecule has 1 aromatic heterocycles. The quantitative estimate of drug-likeness (QED) is 0.834. The van der Waals surface area contributed by atoms with Gasteiger partial charge in [-0.2, -0.15) is 4.99 Å². The first-order valence-corrected chi connectivity index (χ1v) is 11.4. The van der Waals surface area contributed by atoms with Crippen LogP contribution in [-0.2, 0) is 0 Å². The molecule has 6 heteroatoms. The Balaban J connectivity index is 0.00000117. The first-order chi connectivity index (χ1) is 14.2. The summed E-state index contributed by atoms with van der Waals surface area (Å²) in [6.45, 7) is 18.1. The predicted octanol–water partition coefficient (Wildman–Crippen LogP) is 3.90. The smallest absolute Gasteiger partial charge is 0.209 e. The van der Waals surface area contributed by atoms with Crippen LogP contribution in [0.5, 0.6) is 0 Å². The Morgan fingerprint density at radius 1 is 1.21 bits per heavy atom. The van der Waals surface area contributed by atoms with Gasteiger partial charge in [0.15, 0.2) is 5.82 Å². The van der Waals surface area contributed by atoms with Crippen molar-refractivity contribution < 1.29 is 0 Å². The molecule has 0 saturated carbocycles. The molecule has 4 heterocycles. The first kappa shape index (κ1) is 21.8. The molecule has 1 N–H and O–H groups in total. The monoisotopic (exact) mass is 398 g/mol. The van der Waals surface area contributed by atoms with Crippen LogP contribution < -0.4 is 5.32 Å². The normalized spacial score (nSPS) is 22.8. The van der Waals surface area contributed by atoms with E-state index in [1.54, 1.807) is 0 Å². The van der Waals surface area contributed by atoms with Crippen molar-refractivity contribution in [3.05, 3.63) is 30.5 Å². The Morgan fingerprint density at radius 2 is 1.97 bits per heavy atom. The van der Waals surface area contributed by atoms with Crippen LogP contribution in [0.4, 0.5) is 5.82 Å². The largest absolute Gasteiger partial charge is 0.328 e. The number of aromatic nitrogens is 1. The lowest BCUT2D eigenvalue weighted by molar-refractivity contribution is 0.138. The van der Waals surface area contributed by atoms with E-state index in [0.29, 0.717) is 12.1 Å². The first-order valence-electron chi connectivity index (χ1n) is 11.4. The van der Waals surface area contributed by atoms with E-state index in [-0.39, 0.29) is 0 Å². The summed E-state index contributed by atoms with van der Waals surface area (Å²) in [7, 11) is 0. The third kappa shape index (κ3) is 4.48. The number of nitrogens with one attached hydrogen (secondary N) is 1. The topological polar surface area (TPSA) is 47.0 Å². The van der Waals surface area contributed by atoms with Gasteiger partial charge in [0.1, 0.15) is 0 Å². The summed E-state index contributed by atoms with van der Waals surface area (Å²) in [4.78, 5) is 17.0. The van der Waals surface area contributed by atoms with Crippen molar-refractivity contribution in [2.45, 2.75) is 65.5 Å². The highest BCUT2D eigenvalue weighted by molar-refractivity contribution is 5.95. The number of aliphatic imine (C=N–C) groups is 1. The Bertz CT molecular complexity index is 709. The predicted molar refractivity (Wildman–Crippen MR) is 122 cm³/mol. The maximum atomic E-state index is 4.98. The number of nitrogens with zero attached hydrogens (tertiary/aromatic N) is 5. The molecular formula is C23H38N6. The highest BCUT2D eigenvalue weighted by Gasteiger charge is 2.38. The number of piperidine rings is 1. The number of hydrogen-bond acceptors (Lipinski definition) is 6. The highest BCUT2D eigenvalue weighted by atomic mass is 15.5. The number of fused-ring (bicyclic) bond motifs is 1. The van der Waals surface area contributed by atoms with E-state index in [9.17, 15) is 0 Å². The minimum absolute atomic E-state index is 0.595. The van der Waals surface area contributed by atoms with E-state index < -0.39 is 0 Å². The van der Waals surface area contributed by atoms with Gasteiger partial charge in [-0.05, 0) is 50.9 Å². The lowest BCUT2D eigenvalue weighted by atomic mass is 10.0. The van der Waals surface area contributed by atoms with Gasteiger partial charge in [0.25, 0.3) is 0 Å². The molecule has 29 heavy (non-hydrogen) atoms. The molecule has 0 aromatic carbocycles. The van der Waals surface area contributed by atoms with Gasteiger partial charge in [-0.25, -0.2) is 4.98 Å². The molecule has 0 amide bonds. The molecule has 1 atom stereocenters. The molecule has 3 aliphatic rings. The second-order valence-electron chi connectivity index (χ2n) is 7.81. The van der Waals surface area contributed by atoms with Gasteiger partial charge >= 0.3 is 0 Å². The lowest BCUT2D eigenvalue weighted by Crippen LogP contribution is -2.47. The Morgan fingerprint density at radius 3 is 2.66 bits per heavy atom. The second-order valence-corrected chi connectivity index (χ2v) is 7.81. The van der Waals surface area contributed by atoms with Gasteiger partial charge < -0.3 is 15.1 Å². The summed E-state index contributed by atoms with van der Waals surface area (Å²) in [5.41, 5.74) is 2.08. The van der Waals surface area contributed by atoms with E-state index in [2.05, 4.69) is 51.5 Å². The van der Waals surface area contributed by atoms with E-state index in [4.69, 9.17) is 4.99 Å². The van der Waals surface area contributed by atoms with Crippen LogP contribution in [0, 0.1) is 0 Å². The zero-order valence-corrected chi connectivity index (χ0v) is 18.7. The third-order valence-corrected chi connectivity index (χ3v) is 6.08. The maximum Gasteiger partial charge on any atom is 0.209 e. The molecule has 0 radical (unpaired) electrons. The number of pyridine rings is 1. The van der Waals surface area contributed by atoms with Gasteiger partial charge in [-0.1, -0.05) is 34.3 Å². The lowest BCUT2D eigenvalue weighted by Gasteiger charge is -2.37. The van der Waals surface area contributed by atoms with E-state index in [1.807, 2.05) is 26.1 Å². The van der Waals surface area contributed by atoms with Crippen LogP contribution in [0.1, 0.15) is 58.9 Å². The summed E-state index contributed by atoms with van der Waals surface area (Å²) in [6.07, 6.45) is 6.55. The van der Waals surface area contributed by atoms with Gasteiger partial charge in [-0.3, -0.25) is 4.90 Å². The Labute approximate surface area is 176 Å². The van der Waals surface area contributed by atoms with Crippen LogP contribution >= 0.6 is 0 Å². The van der Waals surface area contributed by atoms with Gasteiger partial charge in [-0.15, -0.1) is 0 Å². The van der Waals surface area contributed by atoms with Crippen molar-refractivity contribution >= 4 is 17.5 Å². The minimum Gasteiger partial charge on any atom is -0.328 e. The fourth-order valence-electron chi connectivity index (χ4n) is 4.62. The van der Waals surface area contributed by atoms with Crippen LogP contribution in [0.3, 0.4) is 0 Å². The van der Waals surface area contributed by atoms with Gasteiger partial charge in [0.2, 0.25) is 5.96 Å². The standard InChI is InChI=1S/C21H32N6.C2H6/c1-4-13-26-16(3)19-7-6-10-23-20(19)24-21(26)25-14-17(5-2)27(15-25)18-8-11-22-12-9-18;1-2/h6-7,10,17-18,22H,3-5,8-9,11-15H2,1-2H3;1-2H3/t17-;/m0./s1. The fourth-order valence-corrected chi connectivity index (χ4v) is 4.62. The van der Waals surface area contributed by atoms with Crippen LogP contribution in [0.25, 0.3) is 5.70 Å². The van der Waals surface area contributed by atoms with Crippen LogP contribution in [-0.4, -0.2) is 70.6 Å². The van der Waals surface area contributed by atoms with E-state index in [0.717, 1.165) is 62.3 Å². The summed E-state index contributed by atoms with van der Waals surface area (Å²) in [6, 6.07) is 5.32. The average molecular weight is 399 g/mol. The molecule has 4 rings (SSSR count). The molecule has 0 spiro atoms. The van der Waals surface area contributed by atoms with Crippen LogP contribution in [0.2, 0.25) is 0 Å². The number of hydrogen-bond donors (Lipinski definition) is 1. The molecule has 2 saturated heterocycles. The second kappa shape index (κ2) is 10.2.